The number of piperazine rings is 1. The number of hydrogen-bond acceptors (Lipinski definition) is 3. The van der Waals surface area contributed by atoms with Crippen LogP contribution in [0.5, 0.6) is 5.75 Å². The van der Waals surface area contributed by atoms with Gasteiger partial charge in [-0.15, -0.1) is 0 Å². The molecule has 0 aromatic heterocycles. The van der Waals surface area contributed by atoms with Crippen LogP contribution in [-0.2, 0) is 0 Å². The highest BCUT2D eigenvalue weighted by atomic mass is 35.5. The van der Waals surface area contributed by atoms with Crippen LogP contribution in [0.15, 0.2) is 12.1 Å². The van der Waals surface area contributed by atoms with E-state index in [1.54, 1.807) is 0 Å². The summed E-state index contributed by atoms with van der Waals surface area (Å²) < 4.78 is 0. The Morgan fingerprint density at radius 1 is 1.09 bits per heavy atom. The molecule has 2 aliphatic rings. The van der Waals surface area contributed by atoms with E-state index in [1.807, 2.05) is 12.1 Å². The van der Waals surface area contributed by atoms with Crippen LogP contribution in [0.2, 0.25) is 10.0 Å². The van der Waals surface area contributed by atoms with E-state index >= 15 is 0 Å². The Morgan fingerprint density at radius 3 is 2.45 bits per heavy atom. The van der Waals surface area contributed by atoms with E-state index in [2.05, 4.69) is 10.2 Å². The lowest BCUT2D eigenvalue weighted by Crippen LogP contribution is -2.47. The van der Waals surface area contributed by atoms with Crippen molar-refractivity contribution >= 4 is 23.2 Å². The van der Waals surface area contributed by atoms with Gasteiger partial charge in [0.1, 0.15) is 10.8 Å². The lowest BCUT2D eigenvalue weighted by molar-refractivity contribution is 0.101. The van der Waals surface area contributed by atoms with Gasteiger partial charge in [0.05, 0.1) is 5.02 Å². The normalized spacial score (nSPS) is 22.6. The summed E-state index contributed by atoms with van der Waals surface area (Å²) in [6, 6.07) is 4.03. The monoisotopic (exact) mass is 342 g/mol. The summed E-state index contributed by atoms with van der Waals surface area (Å²) in [5.41, 5.74) is 0.947. The van der Waals surface area contributed by atoms with E-state index in [1.165, 1.54) is 32.1 Å². The van der Waals surface area contributed by atoms with Gasteiger partial charge in [0, 0.05) is 37.8 Å². The first kappa shape index (κ1) is 16.4. The van der Waals surface area contributed by atoms with Crippen molar-refractivity contribution in [1.29, 1.82) is 0 Å². The third-order valence-corrected chi connectivity index (χ3v) is 5.85. The molecule has 1 saturated carbocycles. The van der Waals surface area contributed by atoms with Crippen molar-refractivity contribution in [3.63, 3.8) is 0 Å². The molecule has 0 radical (unpaired) electrons. The van der Waals surface area contributed by atoms with Gasteiger partial charge >= 0.3 is 0 Å². The van der Waals surface area contributed by atoms with Gasteiger partial charge in [-0.25, -0.2) is 0 Å². The number of phenols is 1. The summed E-state index contributed by atoms with van der Waals surface area (Å²) in [5, 5.41) is 14.7. The van der Waals surface area contributed by atoms with Crippen molar-refractivity contribution in [3.8, 4) is 5.75 Å². The SMILES string of the molecule is Oc1c([C@@H](C2CCCCC2)N2CCNCC2)ccc(Cl)c1Cl. The minimum absolute atomic E-state index is 0.170. The van der Waals surface area contributed by atoms with Crippen LogP contribution in [-0.4, -0.2) is 36.2 Å². The molecule has 122 valence electrons. The molecule has 3 nitrogen and oxygen atoms in total. The van der Waals surface area contributed by atoms with Crippen molar-refractivity contribution in [2.45, 2.75) is 38.1 Å². The molecule has 3 rings (SSSR count). The molecule has 1 aromatic carbocycles. The van der Waals surface area contributed by atoms with Gasteiger partial charge < -0.3 is 10.4 Å². The molecule has 0 bridgehead atoms. The highest BCUT2D eigenvalue weighted by molar-refractivity contribution is 6.43. The van der Waals surface area contributed by atoms with Crippen molar-refractivity contribution in [2.24, 2.45) is 5.92 Å². The second kappa shape index (κ2) is 7.39. The number of nitrogens with zero attached hydrogens (tertiary/aromatic N) is 1. The van der Waals surface area contributed by atoms with Crippen molar-refractivity contribution in [1.82, 2.24) is 10.2 Å². The summed E-state index contributed by atoms with van der Waals surface area (Å²) in [7, 11) is 0. The lowest BCUT2D eigenvalue weighted by Gasteiger charge is -2.41. The molecule has 2 fully saturated rings. The quantitative estimate of drug-likeness (QED) is 0.862. The Morgan fingerprint density at radius 2 is 1.77 bits per heavy atom. The minimum atomic E-state index is 0.170. The second-order valence-electron chi connectivity index (χ2n) is 6.43. The van der Waals surface area contributed by atoms with Crippen molar-refractivity contribution < 1.29 is 5.11 Å². The molecule has 22 heavy (non-hydrogen) atoms. The lowest BCUT2D eigenvalue weighted by atomic mass is 9.80. The first-order chi connectivity index (χ1) is 10.7. The van der Waals surface area contributed by atoms with Crippen molar-refractivity contribution in [3.05, 3.63) is 27.7 Å². The maximum Gasteiger partial charge on any atom is 0.140 e. The maximum atomic E-state index is 10.6. The summed E-state index contributed by atoms with van der Waals surface area (Å²) >= 11 is 12.2. The number of halogens is 2. The standard InChI is InChI=1S/C17H24Cl2N2O/c18-14-7-6-13(17(22)15(14)19)16(12-4-2-1-3-5-12)21-10-8-20-9-11-21/h6-7,12,16,20,22H,1-5,8-11H2/t16-/m1/s1. The third-order valence-electron chi connectivity index (χ3n) is 5.06. The predicted molar refractivity (Wildman–Crippen MR) is 91.9 cm³/mol. The third kappa shape index (κ3) is 3.38. The zero-order valence-corrected chi connectivity index (χ0v) is 14.3. The molecule has 0 spiro atoms. The second-order valence-corrected chi connectivity index (χ2v) is 7.21. The van der Waals surface area contributed by atoms with Crippen molar-refractivity contribution in [2.75, 3.05) is 26.2 Å². The van der Waals surface area contributed by atoms with E-state index in [9.17, 15) is 5.11 Å². The first-order valence-corrected chi connectivity index (χ1v) is 9.05. The van der Waals surface area contributed by atoms with Gasteiger partial charge in [0.15, 0.2) is 0 Å². The van der Waals surface area contributed by atoms with Crippen LogP contribution in [0, 0.1) is 5.92 Å². The number of hydrogen-bond donors (Lipinski definition) is 2. The zero-order chi connectivity index (χ0) is 15.5. The zero-order valence-electron chi connectivity index (χ0n) is 12.8. The van der Waals surface area contributed by atoms with Gasteiger partial charge in [-0.05, 0) is 24.8 Å². The van der Waals surface area contributed by atoms with E-state index in [-0.39, 0.29) is 16.8 Å². The van der Waals surface area contributed by atoms with Crippen LogP contribution in [0.4, 0.5) is 0 Å². The van der Waals surface area contributed by atoms with E-state index in [0.29, 0.717) is 10.9 Å². The first-order valence-electron chi connectivity index (χ1n) is 8.30. The fourth-order valence-electron chi connectivity index (χ4n) is 3.95. The molecule has 1 atom stereocenters. The molecular weight excluding hydrogens is 319 g/mol. The van der Waals surface area contributed by atoms with E-state index < -0.39 is 0 Å². The van der Waals surface area contributed by atoms with Gasteiger partial charge in [-0.2, -0.15) is 0 Å². The Balaban J connectivity index is 1.94. The molecule has 2 N–H and O–H groups in total. The van der Waals surface area contributed by atoms with Gasteiger partial charge in [0.2, 0.25) is 0 Å². The fourth-order valence-corrected chi connectivity index (χ4v) is 4.28. The molecule has 5 heteroatoms. The molecule has 0 unspecified atom stereocenters. The summed E-state index contributed by atoms with van der Waals surface area (Å²) in [6.07, 6.45) is 6.37. The average molecular weight is 343 g/mol. The summed E-state index contributed by atoms with van der Waals surface area (Å²) in [4.78, 5) is 2.51. The van der Waals surface area contributed by atoms with Crippen LogP contribution < -0.4 is 5.32 Å². The molecule has 1 aliphatic carbocycles. The number of nitrogens with one attached hydrogen (secondary N) is 1. The van der Waals surface area contributed by atoms with E-state index in [0.717, 1.165) is 31.7 Å². The molecule has 0 amide bonds. The Bertz CT molecular complexity index is 494. The smallest absolute Gasteiger partial charge is 0.140 e. The Labute approximate surface area is 142 Å². The van der Waals surface area contributed by atoms with E-state index in [4.69, 9.17) is 23.2 Å². The fraction of sp³-hybridized carbons (Fsp3) is 0.647. The number of phenolic OH excluding ortho intramolecular Hbond substituents is 1. The highest BCUT2D eigenvalue weighted by Gasteiger charge is 2.33. The van der Waals surface area contributed by atoms with Gasteiger partial charge in [0.25, 0.3) is 0 Å². The predicted octanol–water partition coefficient (Wildman–Crippen LogP) is 4.23. The van der Waals surface area contributed by atoms with Crippen LogP contribution >= 0.6 is 23.2 Å². The maximum absolute atomic E-state index is 10.6. The Kier molecular flexibility index (Phi) is 5.50. The van der Waals surface area contributed by atoms with Crippen LogP contribution in [0.25, 0.3) is 0 Å². The number of aromatic hydroxyl groups is 1. The molecular formula is C17H24Cl2N2O. The summed E-state index contributed by atoms with van der Waals surface area (Å²) in [5.74, 6) is 0.762. The molecule has 1 aromatic rings. The molecule has 1 aliphatic heterocycles. The van der Waals surface area contributed by atoms with Gasteiger partial charge in [-0.3, -0.25) is 4.90 Å². The number of benzene rings is 1. The highest BCUT2D eigenvalue weighted by Crippen LogP contribution is 2.45. The number of rotatable bonds is 3. The minimum Gasteiger partial charge on any atom is -0.506 e. The average Bonchev–Trinajstić information content (AvgIpc) is 2.57. The summed E-state index contributed by atoms with van der Waals surface area (Å²) in [6.45, 7) is 4.04. The largest absolute Gasteiger partial charge is 0.506 e. The van der Waals surface area contributed by atoms with Crippen LogP contribution in [0.3, 0.4) is 0 Å². The van der Waals surface area contributed by atoms with Gasteiger partial charge in [-0.1, -0.05) is 48.5 Å². The molecule has 1 saturated heterocycles. The molecule has 1 heterocycles. The topological polar surface area (TPSA) is 35.5 Å². The Hall–Kier alpha value is -0.480. The van der Waals surface area contributed by atoms with Crippen LogP contribution in [0.1, 0.15) is 43.7 Å².